The van der Waals surface area contributed by atoms with Gasteiger partial charge in [0.15, 0.2) is 11.5 Å². The Kier molecular flexibility index (Phi) is 3.04. The maximum absolute atomic E-state index is 11.1. The van der Waals surface area contributed by atoms with E-state index in [-0.39, 0.29) is 10.6 Å². The van der Waals surface area contributed by atoms with Gasteiger partial charge in [-0.3, -0.25) is 9.38 Å². The second-order valence-corrected chi connectivity index (χ2v) is 4.80. The molecule has 0 bridgehead atoms. The molecule has 0 saturated heterocycles. The Hall–Kier alpha value is -2.18. The fourth-order valence-electron chi connectivity index (χ4n) is 1.75. The van der Waals surface area contributed by atoms with Crippen molar-refractivity contribution in [3.8, 4) is 11.5 Å². The van der Waals surface area contributed by atoms with Crippen LogP contribution in [0.5, 0.6) is 0 Å². The van der Waals surface area contributed by atoms with Crippen LogP contribution in [0.15, 0.2) is 30.6 Å². The lowest BCUT2D eigenvalue weighted by Crippen LogP contribution is -2.00. The zero-order valence-electron chi connectivity index (χ0n) is 9.79. The first-order valence-electron chi connectivity index (χ1n) is 5.46. The first-order chi connectivity index (χ1) is 9.56. The van der Waals surface area contributed by atoms with Crippen LogP contribution in [0.25, 0.3) is 17.2 Å². The Labute approximate surface area is 122 Å². The van der Waals surface area contributed by atoms with Crippen molar-refractivity contribution in [3.63, 3.8) is 0 Å². The van der Waals surface area contributed by atoms with E-state index in [0.29, 0.717) is 22.2 Å². The van der Waals surface area contributed by atoms with Gasteiger partial charge in [0.1, 0.15) is 5.69 Å². The number of aromatic carboxylic acids is 1. The van der Waals surface area contributed by atoms with E-state index in [2.05, 4.69) is 15.2 Å². The molecule has 0 aromatic carbocycles. The molecule has 3 rings (SSSR count). The lowest BCUT2D eigenvalue weighted by atomic mass is 10.3. The third-order valence-corrected chi connectivity index (χ3v) is 3.16. The van der Waals surface area contributed by atoms with E-state index in [0.717, 1.165) is 0 Å². The maximum Gasteiger partial charge on any atom is 0.337 e. The van der Waals surface area contributed by atoms with Crippen molar-refractivity contribution in [2.45, 2.75) is 0 Å². The molecule has 8 heteroatoms. The highest BCUT2D eigenvalue weighted by Crippen LogP contribution is 2.23. The van der Waals surface area contributed by atoms with E-state index < -0.39 is 5.97 Å². The van der Waals surface area contributed by atoms with Gasteiger partial charge in [-0.2, -0.15) is 0 Å². The Bertz CT molecular complexity index is 814. The monoisotopic (exact) mass is 308 g/mol. The first-order valence-corrected chi connectivity index (χ1v) is 6.21. The molecule has 0 atom stereocenters. The Morgan fingerprint density at radius 2 is 2.05 bits per heavy atom. The number of aromatic nitrogens is 4. The number of hydrogen-bond donors (Lipinski definition) is 1. The van der Waals surface area contributed by atoms with Gasteiger partial charge in [-0.05, 0) is 18.2 Å². The fraction of sp³-hybridized carbons (Fsp3) is 0. The molecule has 1 N–H and O–H groups in total. The van der Waals surface area contributed by atoms with Crippen LogP contribution in [0.1, 0.15) is 10.4 Å². The molecular weight excluding hydrogens is 303 g/mol. The summed E-state index contributed by atoms with van der Waals surface area (Å²) in [6.07, 6.45) is 2.87. The predicted octanol–water partition coefficient (Wildman–Crippen LogP) is 2.80. The largest absolute Gasteiger partial charge is 0.478 e. The number of rotatable bonds is 2. The van der Waals surface area contributed by atoms with Crippen LogP contribution in [0, 0.1) is 0 Å². The third-order valence-electron chi connectivity index (χ3n) is 2.66. The number of carbonyl (C=O) groups is 1. The maximum atomic E-state index is 11.1. The van der Waals surface area contributed by atoms with E-state index in [9.17, 15) is 4.79 Å². The molecule has 6 nitrogen and oxygen atoms in total. The van der Waals surface area contributed by atoms with Crippen molar-refractivity contribution in [2.24, 2.45) is 0 Å². The Morgan fingerprint density at radius 1 is 1.25 bits per heavy atom. The summed E-state index contributed by atoms with van der Waals surface area (Å²) in [7, 11) is 0. The van der Waals surface area contributed by atoms with E-state index in [1.54, 1.807) is 12.1 Å². The Balaban J connectivity index is 2.26. The molecule has 0 spiro atoms. The van der Waals surface area contributed by atoms with Crippen LogP contribution in [-0.2, 0) is 0 Å². The zero-order valence-corrected chi connectivity index (χ0v) is 11.3. The number of hydrogen-bond acceptors (Lipinski definition) is 4. The van der Waals surface area contributed by atoms with Gasteiger partial charge in [0.2, 0.25) is 0 Å². The predicted molar refractivity (Wildman–Crippen MR) is 73.2 cm³/mol. The van der Waals surface area contributed by atoms with Crippen LogP contribution in [0.4, 0.5) is 0 Å². The number of pyridine rings is 2. The SMILES string of the molecule is O=C(O)c1cc(Cl)c2nnc(-c3ccc(Cl)cn3)n2c1. The fourth-order valence-corrected chi connectivity index (χ4v) is 2.11. The second kappa shape index (κ2) is 4.73. The Morgan fingerprint density at radius 3 is 2.70 bits per heavy atom. The minimum Gasteiger partial charge on any atom is -0.478 e. The highest BCUT2D eigenvalue weighted by atomic mass is 35.5. The van der Waals surface area contributed by atoms with E-state index in [1.165, 1.54) is 22.9 Å². The molecule has 0 aliphatic rings. The molecule has 0 aliphatic carbocycles. The molecular formula is C12H6Cl2N4O2. The highest BCUT2D eigenvalue weighted by molar-refractivity contribution is 6.33. The molecule has 3 heterocycles. The van der Waals surface area contributed by atoms with E-state index in [1.807, 2.05) is 0 Å². The van der Waals surface area contributed by atoms with Crippen LogP contribution >= 0.6 is 23.2 Å². The standard InChI is InChI=1S/C12H6Cl2N4O2/c13-7-1-2-9(15-4-7)11-17-16-10-8(14)3-6(12(19)20)5-18(10)11/h1-5H,(H,19,20). The van der Waals surface area contributed by atoms with Crippen LogP contribution in [0.3, 0.4) is 0 Å². The molecule has 0 unspecified atom stereocenters. The van der Waals surface area contributed by atoms with Crippen molar-refractivity contribution in [2.75, 3.05) is 0 Å². The summed E-state index contributed by atoms with van der Waals surface area (Å²) >= 11 is 11.8. The molecule has 0 amide bonds. The summed E-state index contributed by atoms with van der Waals surface area (Å²) in [6, 6.07) is 4.65. The van der Waals surface area contributed by atoms with E-state index >= 15 is 0 Å². The van der Waals surface area contributed by atoms with Crippen molar-refractivity contribution in [3.05, 3.63) is 46.2 Å². The molecule has 20 heavy (non-hydrogen) atoms. The number of carboxylic acid groups (broad SMARTS) is 1. The minimum absolute atomic E-state index is 0.0394. The van der Waals surface area contributed by atoms with Crippen molar-refractivity contribution in [1.82, 2.24) is 19.6 Å². The highest BCUT2D eigenvalue weighted by Gasteiger charge is 2.15. The number of carboxylic acids is 1. The van der Waals surface area contributed by atoms with Crippen molar-refractivity contribution in [1.29, 1.82) is 0 Å². The van der Waals surface area contributed by atoms with Gasteiger partial charge in [-0.1, -0.05) is 23.2 Å². The van der Waals surface area contributed by atoms with Gasteiger partial charge in [-0.25, -0.2) is 4.79 Å². The molecule has 0 saturated carbocycles. The van der Waals surface area contributed by atoms with Gasteiger partial charge < -0.3 is 5.11 Å². The van der Waals surface area contributed by atoms with Gasteiger partial charge in [-0.15, -0.1) is 10.2 Å². The molecule has 100 valence electrons. The summed E-state index contributed by atoms with van der Waals surface area (Å²) in [5.41, 5.74) is 0.918. The average molecular weight is 309 g/mol. The van der Waals surface area contributed by atoms with Crippen LogP contribution in [0.2, 0.25) is 10.0 Å². The van der Waals surface area contributed by atoms with Gasteiger partial charge in [0.25, 0.3) is 0 Å². The molecule has 0 aliphatic heterocycles. The van der Waals surface area contributed by atoms with E-state index in [4.69, 9.17) is 28.3 Å². The summed E-state index contributed by atoms with van der Waals surface area (Å²) < 4.78 is 1.49. The smallest absolute Gasteiger partial charge is 0.337 e. The molecule has 3 aromatic heterocycles. The number of halogens is 2. The normalized spacial score (nSPS) is 10.9. The quantitative estimate of drug-likeness (QED) is 0.787. The molecule has 0 radical (unpaired) electrons. The topological polar surface area (TPSA) is 80.4 Å². The minimum atomic E-state index is -1.09. The lowest BCUT2D eigenvalue weighted by molar-refractivity contribution is 0.0696. The van der Waals surface area contributed by atoms with Crippen molar-refractivity contribution >= 4 is 34.8 Å². The lowest BCUT2D eigenvalue weighted by Gasteiger charge is -2.02. The molecule has 3 aromatic rings. The molecule has 0 fully saturated rings. The number of fused-ring (bicyclic) bond motifs is 1. The summed E-state index contributed by atoms with van der Waals surface area (Å²) in [5.74, 6) is -0.695. The van der Waals surface area contributed by atoms with Crippen LogP contribution in [-0.4, -0.2) is 30.7 Å². The summed E-state index contributed by atoms with van der Waals surface area (Å²) in [5, 5.41) is 17.7. The van der Waals surface area contributed by atoms with Crippen LogP contribution < -0.4 is 0 Å². The summed E-state index contributed by atoms with van der Waals surface area (Å²) in [4.78, 5) is 15.2. The average Bonchev–Trinajstić information content (AvgIpc) is 2.84. The number of nitrogens with zero attached hydrogens (tertiary/aromatic N) is 4. The van der Waals surface area contributed by atoms with Crippen molar-refractivity contribution < 1.29 is 9.90 Å². The second-order valence-electron chi connectivity index (χ2n) is 3.96. The third kappa shape index (κ3) is 2.09. The first kappa shape index (κ1) is 12.8. The van der Waals surface area contributed by atoms with Gasteiger partial charge >= 0.3 is 5.97 Å². The summed E-state index contributed by atoms with van der Waals surface area (Å²) in [6.45, 7) is 0. The van der Waals surface area contributed by atoms with Gasteiger partial charge in [0, 0.05) is 12.4 Å². The van der Waals surface area contributed by atoms with Gasteiger partial charge in [0.05, 0.1) is 15.6 Å². The zero-order chi connectivity index (χ0) is 14.3.